The van der Waals surface area contributed by atoms with E-state index in [0.717, 1.165) is 23.4 Å². The fourth-order valence-electron chi connectivity index (χ4n) is 2.08. The molecule has 0 radical (unpaired) electrons. The van der Waals surface area contributed by atoms with Gasteiger partial charge in [-0.2, -0.15) is 0 Å². The van der Waals surface area contributed by atoms with Gasteiger partial charge in [-0.05, 0) is 26.3 Å². The number of pyridine rings is 1. The Morgan fingerprint density at radius 1 is 1.47 bits per heavy atom. The van der Waals surface area contributed by atoms with Crippen LogP contribution >= 0.6 is 0 Å². The van der Waals surface area contributed by atoms with E-state index in [1.807, 2.05) is 33.2 Å². The maximum absolute atomic E-state index is 12.0. The second kappa shape index (κ2) is 3.05. The van der Waals surface area contributed by atoms with Gasteiger partial charge >= 0.3 is 0 Å². The Labute approximate surface area is 90.1 Å². The van der Waals surface area contributed by atoms with Gasteiger partial charge in [-0.25, -0.2) is 0 Å². The molecule has 1 aromatic heterocycles. The Bertz CT molecular complexity index is 424. The van der Waals surface area contributed by atoms with Crippen molar-refractivity contribution in [2.75, 3.05) is 11.9 Å². The zero-order valence-corrected chi connectivity index (χ0v) is 9.66. The predicted octanol–water partition coefficient (Wildman–Crippen LogP) is 1.90. The van der Waals surface area contributed by atoms with Gasteiger partial charge in [-0.3, -0.25) is 9.78 Å². The number of carbonyl (C=O) groups is 1. The number of anilines is 1. The molecule has 2 rings (SSSR count). The highest BCUT2D eigenvalue weighted by Gasteiger charge is 2.42. The highest BCUT2D eigenvalue weighted by Crippen LogP contribution is 2.40. The summed E-state index contributed by atoms with van der Waals surface area (Å²) in [6.45, 7) is 5.96. The first-order chi connectivity index (χ1) is 6.98. The van der Waals surface area contributed by atoms with Gasteiger partial charge in [0.1, 0.15) is 0 Å². The summed E-state index contributed by atoms with van der Waals surface area (Å²) in [6.07, 6.45) is 2.74. The minimum Gasteiger partial charge on any atom is -0.314 e. The Morgan fingerprint density at radius 3 is 2.73 bits per heavy atom. The highest BCUT2D eigenvalue weighted by atomic mass is 16.2. The van der Waals surface area contributed by atoms with Crippen LogP contribution in [0.25, 0.3) is 0 Å². The summed E-state index contributed by atoms with van der Waals surface area (Å²) < 4.78 is 0. The lowest BCUT2D eigenvalue weighted by Gasteiger charge is -2.15. The van der Waals surface area contributed by atoms with Gasteiger partial charge in [0.15, 0.2) is 0 Å². The van der Waals surface area contributed by atoms with Crippen molar-refractivity contribution in [3.05, 3.63) is 23.5 Å². The molecule has 0 unspecified atom stereocenters. The van der Waals surface area contributed by atoms with Gasteiger partial charge in [0, 0.05) is 24.5 Å². The third-order valence-electron chi connectivity index (χ3n) is 3.17. The normalized spacial score (nSPS) is 18.1. The molecule has 1 aromatic rings. The number of aryl methyl sites for hydroxylation is 1. The summed E-state index contributed by atoms with van der Waals surface area (Å²) in [6, 6.07) is 2.02. The molecule has 0 atom stereocenters. The quantitative estimate of drug-likeness (QED) is 0.700. The monoisotopic (exact) mass is 204 g/mol. The summed E-state index contributed by atoms with van der Waals surface area (Å²) >= 11 is 0. The molecule has 0 aliphatic carbocycles. The molecule has 0 spiro atoms. The maximum Gasteiger partial charge on any atom is 0.236 e. The van der Waals surface area contributed by atoms with Crippen LogP contribution in [0.4, 0.5) is 5.69 Å². The second-order valence-corrected chi connectivity index (χ2v) is 4.54. The first-order valence-electron chi connectivity index (χ1n) is 5.26. The molecule has 2 heterocycles. The van der Waals surface area contributed by atoms with Crippen LogP contribution in [0.2, 0.25) is 0 Å². The molecule has 1 aliphatic rings. The molecule has 0 bridgehead atoms. The van der Waals surface area contributed by atoms with E-state index in [9.17, 15) is 4.79 Å². The number of rotatable bonds is 1. The van der Waals surface area contributed by atoms with Gasteiger partial charge in [-0.15, -0.1) is 0 Å². The first kappa shape index (κ1) is 10.1. The lowest BCUT2D eigenvalue weighted by atomic mass is 9.87. The zero-order chi connectivity index (χ0) is 11.2. The fourth-order valence-corrected chi connectivity index (χ4v) is 2.08. The summed E-state index contributed by atoms with van der Waals surface area (Å²) in [5.41, 5.74) is 2.65. The summed E-state index contributed by atoms with van der Waals surface area (Å²) in [5.74, 6) is 0.146. The molecule has 80 valence electrons. The topological polar surface area (TPSA) is 33.2 Å². The molecule has 0 saturated heterocycles. The predicted molar refractivity (Wildman–Crippen MR) is 60.1 cm³/mol. The van der Waals surface area contributed by atoms with Gasteiger partial charge in [0.25, 0.3) is 0 Å². The maximum atomic E-state index is 12.0. The Hall–Kier alpha value is -1.38. The lowest BCUT2D eigenvalue weighted by Crippen LogP contribution is -2.33. The Morgan fingerprint density at radius 2 is 2.13 bits per heavy atom. The van der Waals surface area contributed by atoms with E-state index in [1.165, 1.54) is 0 Å². The van der Waals surface area contributed by atoms with Crippen LogP contribution in [0, 0.1) is 0 Å². The molecule has 1 amide bonds. The largest absolute Gasteiger partial charge is 0.314 e. The van der Waals surface area contributed by atoms with Crippen molar-refractivity contribution in [3.8, 4) is 0 Å². The molecular formula is C12H16N2O. The van der Waals surface area contributed by atoms with Crippen LogP contribution < -0.4 is 4.90 Å². The van der Waals surface area contributed by atoms with E-state index in [1.54, 1.807) is 4.90 Å². The van der Waals surface area contributed by atoms with E-state index >= 15 is 0 Å². The number of hydrogen-bond donors (Lipinski definition) is 0. The molecule has 0 saturated carbocycles. The molecule has 15 heavy (non-hydrogen) atoms. The third-order valence-corrected chi connectivity index (χ3v) is 3.17. The van der Waals surface area contributed by atoms with Gasteiger partial charge < -0.3 is 4.90 Å². The van der Waals surface area contributed by atoms with Crippen molar-refractivity contribution in [2.24, 2.45) is 0 Å². The Balaban J connectivity index is 2.61. The molecule has 3 nitrogen and oxygen atoms in total. The molecule has 0 aromatic carbocycles. The number of nitrogens with zero attached hydrogens (tertiary/aromatic N) is 2. The minimum atomic E-state index is -0.427. The lowest BCUT2D eigenvalue weighted by molar-refractivity contribution is -0.121. The van der Waals surface area contributed by atoms with Crippen LogP contribution in [0.15, 0.2) is 12.3 Å². The van der Waals surface area contributed by atoms with E-state index in [-0.39, 0.29) is 5.91 Å². The van der Waals surface area contributed by atoms with Crippen LogP contribution in [-0.4, -0.2) is 17.9 Å². The van der Waals surface area contributed by atoms with Crippen molar-refractivity contribution in [3.63, 3.8) is 0 Å². The molecule has 3 heteroatoms. The van der Waals surface area contributed by atoms with Crippen LogP contribution in [0.1, 0.15) is 32.0 Å². The Kier molecular flexibility index (Phi) is 2.07. The van der Waals surface area contributed by atoms with Crippen molar-refractivity contribution in [1.29, 1.82) is 0 Å². The standard InChI is InChI=1S/C12H16N2O/c1-5-8-6-10-9(7-13-8)12(2,3)11(15)14(10)4/h6-7H,5H2,1-4H3. The minimum absolute atomic E-state index is 0.146. The van der Waals surface area contributed by atoms with Crippen molar-refractivity contribution in [2.45, 2.75) is 32.6 Å². The number of carbonyl (C=O) groups excluding carboxylic acids is 1. The zero-order valence-electron chi connectivity index (χ0n) is 9.66. The van der Waals surface area contributed by atoms with Gasteiger partial charge in [0.2, 0.25) is 5.91 Å². The number of likely N-dealkylation sites (N-methyl/N-ethyl adjacent to an activating group) is 1. The fraction of sp³-hybridized carbons (Fsp3) is 0.500. The number of aromatic nitrogens is 1. The number of fused-ring (bicyclic) bond motifs is 1. The molecule has 0 N–H and O–H groups in total. The van der Waals surface area contributed by atoms with Crippen LogP contribution in [-0.2, 0) is 16.6 Å². The third kappa shape index (κ3) is 1.26. The van der Waals surface area contributed by atoms with E-state index in [2.05, 4.69) is 11.9 Å². The second-order valence-electron chi connectivity index (χ2n) is 4.54. The van der Waals surface area contributed by atoms with E-state index < -0.39 is 5.41 Å². The van der Waals surface area contributed by atoms with E-state index in [4.69, 9.17) is 0 Å². The summed E-state index contributed by atoms with van der Waals surface area (Å²) in [7, 11) is 1.83. The number of hydrogen-bond acceptors (Lipinski definition) is 2. The average molecular weight is 204 g/mol. The molecular weight excluding hydrogens is 188 g/mol. The summed E-state index contributed by atoms with van der Waals surface area (Å²) in [5, 5.41) is 0. The van der Waals surface area contributed by atoms with Crippen molar-refractivity contribution >= 4 is 11.6 Å². The summed E-state index contributed by atoms with van der Waals surface area (Å²) in [4.78, 5) is 18.1. The highest BCUT2D eigenvalue weighted by molar-refractivity contribution is 6.07. The van der Waals surface area contributed by atoms with Crippen molar-refractivity contribution < 1.29 is 4.79 Å². The van der Waals surface area contributed by atoms with Gasteiger partial charge in [0.05, 0.1) is 11.1 Å². The SMILES string of the molecule is CCc1cc2c(cn1)C(C)(C)C(=O)N2C. The van der Waals surface area contributed by atoms with E-state index in [0.29, 0.717) is 0 Å². The molecule has 0 fully saturated rings. The van der Waals surface area contributed by atoms with Gasteiger partial charge in [-0.1, -0.05) is 6.92 Å². The first-order valence-corrected chi connectivity index (χ1v) is 5.26. The average Bonchev–Trinajstić information content (AvgIpc) is 2.40. The molecule has 1 aliphatic heterocycles. The van der Waals surface area contributed by atoms with Crippen LogP contribution in [0.3, 0.4) is 0 Å². The van der Waals surface area contributed by atoms with Crippen molar-refractivity contribution in [1.82, 2.24) is 4.98 Å². The smallest absolute Gasteiger partial charge is 0.236 e. The number of amides is 1. The van der Waals surface area contributed by atoms with Crippen LogP contribution in [0.5, 0.6) is 0 Å².